The second-order valence-electron chi connectivity index (χ2n) is 11.5. The average Bonchev–Trinajstić information content (AvgIpc) is 2.85. The number of aryl methyl sites for hydroxylation is 1. The summed E-state index contributed by atoms with van der Waals surface area (Å²) in [6.07, 6.45) is 5.25. The molecule has 0 saturated heterocycles. The lowest BCUT2D eigenvalue weighted by Gasteiger charge is -2.43. The molecule has 2 unspecified atom stereocenters. The van der Waals surface area contributed by atoms with Crippen molar-refractivity contribution in [3.05, 3.63) is 71.3 Å². The second kappa shape index (κ2) is 14.2. The van der Waals surface area contributed by atoms with Gasteiger partial charge in [0.25, 0.3) is 0 Å². The van der Waals surface area contributed by atoms with Crippen LogP contribution in [0.5, 0.6) is 0 Å². The molecule has 0 heterocycles. The molecule has 0 aliphatic heterocycles. The Morgan fingerprint density at radius 1 is 1.00 bits per heavy atom. The highest BCUT2D eigenvalue weighted by atomic mass is 16.6. The topological polar surface area (TPSA) is 87.7 Å². The predicted octanol–water partition coefficient (Wildman–Crippen LogP) is 5.86. The minimum absolute atomic E-state index is 0.0797. The Morgan fingerprint density at radius 3 is 2.23 bits per heavy atom. The van der Waals surface area contributed by atoms with Crippen molar-refractivity contribution in [2.45, 2.75) is 103 Å². The quantitative estimate of drug-likeness (QED) is 0.333. The molecule has 1 fully saturated rings. The van der Waals surface area contributed by atoms with Gasteiger partial charge in [0.2, 0.25) is 11.8 Å². The molecule has 0 radical (unpaired) electrons. The summed E-state index contributed by atoms with van der Waals surface area (Å²) < 4.78 is 5.52. The van der Waals surface area contributed by atoms with Gasteiger partial charge < -0.3 is 20.3 Å². The molecule has 3 rings (SSSR count). The lowest BCUT2D eigenvalue weighted by molar-refractivity contribution is -0.147. The third-order valence-corrected chi connectivity index (χ3v) is 6.99. The summed E-state index contributed by atoms with van der Waals surface area (Å²) in [5.41, 5.74) is 2.05. The van der Waals surface area contributed by atoms with Crippen LogP contribution in [0.25, 0.3) is 0 Å². The van der Waals surface area contributed by atoms with E-state index in [0.29, 0.717) is 13.0 Å². The zero-order valence-electron chi connectivity index (χ0n) is 24.2. The summed E-state index contributed by atoms with van der Waals surface area (Å²) in [5.74, 6) is -0.463. The number of rotatable bonds is 12. The highest BCUT2D eigenvalue weighted by molar-refractivity contribution is 5.92. The number of alkyl carbamates (subject to hydrolysis) is 1. The SMILES string of the molecule is CCCCCNC(=O)C(c1ccc(C)cc1)N(C(=O)C(Cc1ccccc1)NC(=O)OC(C)(C)C)C1CCC1. The van der Waals surface area contributed by atoms with Gasteiger partial charge in [-0.25, -0.2) is 4.79 Å². The Kier molecular flexibility index (Phi) is 11.0. The Hall–Kier alpha value is -3.35. The van der Waals surface area contributed by atoms with Crippen molar-refractivity contribution in [3.63, 3.8) is 0 Å². The molecule has 0 spiro atoms. The Bertz CT molecular complexity index is 1070. The molecular formula is C32H45N3O4. The van der Waals surface area contributed by atoms with Gasteiger partial charge in [-0.1, -0.05) is 79.9 Å². The van der Waals surface area contributed by atoms with E-state index in [1.54, 1.807) is 25.7 Å². The first-order valence-corrected chi connectivity index (χ1v) is 14.3. The van der Waals surface area contributed by atoms with E-state index >= 15 is 0 Å². The number of ether oxygens (including phenoxy) is 1. The van der Waals surface area contributed by atoms with Crippen LogP contribution in [-0.4, -0.2) is 47.0 Å². The van der Waals surface area contributed by atoms with Gasteiger partial charge in [-0.3, -0.25) is 9.59 Å². The lowest BCUT2D eigenvalue weighted by Crippen LogP contribution is -2.58. The first-order valence-electron chi connectivity index (χ1n) is 14.3. The van der Waals surface area contributed by atoms with E-state index < -0.39 is 23.8 Å². The maximum Gasteiger partial charge on any atom is 0.408 e. The van der Waals surface area contributed by atoms with E-state index in [1.165, 1.54) is 0 Å². The standard InChI is InChI=1S/C32H45N3O4/c1-6-7-11-21-33-29(36)28(25-19-17-23(2)18-20-25)35(26-15-12-16-26)30(37)27(22-24-13-9-8-10-14-24)34-31(38)39-32(3,4)5/h8-10,13-14,17-20,26-28H,6-7,11-12,15-16,21-22H2,1-5H3,(H,33,36)(H,34,38). The van der Waals surface area contributed by atoms with Crippen molar-refractivity contribution in [1.29, 1.82) is 0 Å². The third kappa shape index (κ3) is 9.12. The number of hydrogen-bond donors (Lipinski definition) is 2. The van der Waals surface area contributed by atoms with Gasteiger partial charge in [0.05, 0.1) is 0 Å². The summed E-state index contributed by atoms with van der Waals surface area (Å²) in [7, 11) is 0. The molecule has 2 aromatic rings. The van der Waals surface area contributed by atoms with Crippen LogP contribution < -0.4 is 10.6 Å². The van der Waals surface area contributed by atoms with Crippen molar-refractivity contribution in [2.24, 2.45) is 0 Å². The zero-order chi connectivity index (χ0) is 28.4. The summed E-state index contributed by atoms with van der Waals surface area (Å²) in [6, 6.07) is 15.6. The molecule has 1 aliphatic rings. The molecule has 2 atom stereocenters. The Morgan fingerprint density at radius 2 is 1.67 bits per heavy atom. The number of carbonyl (C=O) groups is 3. The molecule has 212 valence electrons. The molecule has 3 amide bonds. The minimum atomic E-state index is -0.885. The fraction of sp³-hybridized carbons (Fsp3) is 0.531. The first-order chi connectivity index (χ1) is 18.6. The number of amides is 3. The molecule has 0 bridgehead atoms. The number of unbranched alkanes of at least 4 members (excludes halogenated alkanes) is 2. The van der Waals surface area contributed by atoms with Crippen LogP contribution in [0.15, 0.2) is 54.6 Å². The zero-order valence-corrected chi connectivity index (χ0v) is 24.2. The fourth-order valence-corrected chi connectivity index (χ4v) is 4.73. The van der Waals surface area contributed by atoms with Crippen LogP contribution >= 0.6 is 0 Å². The summed E-state index contributed by atoms with van der Waals surface area (Å²) in [5, 5.41) is 5.92. The molecule has 2 N–H and O–H groups in total. The van der Waals surface area contributed by atoms with E-state index in [-0.39, 0.29) is 17.9 Å². The van der Waals surface area contributed by atoms with Gasteiger partial charge in [0.1, 0.15) is 17.7 Å². The van der Waals surface area contributed by atoms with Gasteiger partial charge in [0.15, 0.2) is 0 Å². The van der Waals surface area contributed by atoms with Gasteiger partial charge >= 0.3 is 6.09 Å². The maximum atomic E-state index is 14.4. The number of nitrogens with one attached hydrogen (secondary N) is 2. The smallest absolute Gasteiger partial charge is 0.408 e. The first kappa shape index (κ1) is 30.2. The minimum Gasteiger partial charge on any atom is -0.444 e. The number of benzene rings is 2. The Labute approximate surface area is 233 Å². The number of carbonyl (C=O) groups excluding carboxylic acids is 3. The number of nitrogens with zero attached hydrogens (tertiary/aromatic N) is 1. The second-order valence-corrected chi connectivity index (χ2v) is 11.5. The fourth-order valence-electron chi connectivity index (χ4n) is 4.73. The average molecular weight is 536 g/mol. The summed E-state index contributed by atoms with van der Waals surface area (Å²) in [4.78, 5) is 42.8. The molecule has 7 heteroatoms. The highest BCUT2D eigenvalue weighted by Gasteiger charge is 2.42. The monoisotopic (exact) mass is 535 g/mol. The summed E-state index contributed by atoms with van der Waals surface area (Å²) >= 11 is 0. The van der Waals surface area contributed by atoms with Crippen molar-refractivity contribution >= 4 is 17.9 Å². The van der Waals surface area contributed by atoms with Crippen LogP contribution in [-0.2, 0) is 20.7 Å². The van der Waals surface area contributed by atoms with Crippen LogP contribution in [0.2, 0.25) is 0 Å². The third-order valence-electron chi connectivity index (χ3n) is 6.99. The molecule has 1 aliphatic carbocycles. The highest BCUT2D eigenvalue weighted by Crippen LogP contribution is 2.34. The maximum absolute atomic E-state index is 14.4. The van der Waals surface area contributed by atoms with Crippen LogP contribution in [0.1, 0.15) is 89.0 Å². The molecule has 1 saturated carbocycles. The van der Waals surface area contributed by atoms with E-state index in [4.69, 9.17) is 4.74 Å². The van der Waals surface area contributed by atoms with Crippen LogP contribution in [0.3, 0.4) is 0 Å². The van der Waals surface area contributed by atoms with Crippen molar-refractivity contribution in [3.8, 4) is 0 Å². The van der Waals surface area contributed by atoms with Crippen molar-refractivity contribution in [1.82, 2.24) is 15.5 Å². The predicted molar refractivity (Wildman–Crippen MR) is 154 cm³/mol. The van der Waals surface area contributed by atoms with Gasteiger partial charge in [-0.05, 0) is 64.5 Å². The van der Waals surface area contributed by atoms with Crippen molar-refractivity contribution < 1.29 is 19.1 Å². The van der Waals surface area contributed by atoms with Crippen molar-refractivity contribution in [2.75, 3.05) is 6.54 Å². The van der Waals surface area contributed by atoms with Crippen LogP contribution in [0.4, 0.5) is 4.79 Å². The van der Waals surface area contributed by atoms with E-state index in [1.807, 2.05) is 61.5 Å². The van der Waals surface area contributed by atoms with Crippen LogP contribution in [0, 0.1) is 6.92 Å². The molecule has 39 heavy (non-hydrogen) atoms. The molecule has 0 aromatic heterocycles. The van der Waals surface area contributed by atoms with Gasteiger partial charge in [-0.15, -0.1) is 0 Å². The normalized spacial score (nSPS) is 15.0. The number of hydrogen-bond acceptors (Lipinski definition) is 4. The summed E-state index contributed by atoms with van der Waals surface area (Å²) in [6.45, 7) is 10.1. The van der Waals surface area contributed by atoms with E-state index in [0.717, 1.165) is 55.2 Å². The molecular weight excluding hydrogens is 490 g/mol. The van der Waals surface area contributed by atoms with Gasteiger partial charge in [-0.2, -0.15) is 0 Å². The molecule has 2 aromatic carbocycles. The Balaban J connectivity index is 1.97. The van der Waals surface area contributed by atoms with Gasteiger partial charge in [0, 0.05) is 19.0 Å². The van der Waals surface area contributed by atoms with E-state index in [2.05, 4.69) is 17.6 Å². The van der Waals surface area contributed by atoms with E-state index in [9.17, 15) is 14.4 Å². The largest absolute Gasteiger partial charge is 0.444 e. The lowest BCUT2D eigenvalue weighted by atomic mass is 9.87. The molecule has 7 nitrogen and oxygen atoms in total.